The van der Waals surface area contributed by atoms with Gasteiger partial charge >= 0.3 is 0 Å². The van der Waals surface area contributed by atoms with E-state index in [4.69, 9.17) is 0 Å². The van der Waals surface area contributed by atoms with Crippen molar-refractivity contribution < 1.29 is 5.11 Å². The molecule has 0 radical (unpaired) electrons. The Morgan fingerprint density at radius 3 is 2.75 bits per heavy atom. The number of halogens is 1. The normalized spacial score (nSPS) is 25.9. The van der Waals surface area contributed by atoms with Crippen LogP contribution in [0.25, 0.3) is 0 Å². The molecule has 0 amide bonds. The molecule has 2 unspecified atom stereocenters. The summed E-state index contributed by atoms with van der Waals surface area (Å²) in [4.78, 5) is 12.2. The van der Waals surface area contributed by atoms with E-state index in [2.05, 4.69) is 26.3 Å². The van der Waals surface area contributed by atoms with E-state index in [0.29, 0.717) is 16.3 Å². The first kappa shape index (κ1) is 14.1. The molecular formula is C14H20BrN3O2. The van der Waals surface area contributed by atoms with Gasteiger partial charge in [-0.2, -0.15) is 5.10 Å². The second-order valence-electron chi connectivity index (χ2n) is 6.02. The number of hydrogen-bond donors (Lipinski definition) is 2. The molecule has 0 aliphatic heterocycles. The van der Waals surface area contributed by atoms with Crippen molar-refractivity contribution >= 4 is 21.6 Å². The minimum Gasteiger partial charge on any atom is -0.393 e. The number of nitrogens with zero attached hydrogens (tertiary/aromatic N) is 2. The second kappa shape index (κ2) is 5.85. The van der Waals surface area contributed by atoms with Crippen molar-refractivity contribution in [1.82, 2.24) is 9.78 Å². The Morgan fingerprint density at radius 2 is 2.10 bits per heavy atom. The van der Waals surface area contributed by atoms with E-state index in [1.54, 1.807) is 10.9 Å². The second-order valence-corrected chi connectivity index (χ2v) is 6.81. The van der Waals surface area contributed by atoms with Gasteiger partial charge in [0.15, 0.2) is 0 Å². The predicted octanol–water partition coefficient (Wildman–Crippen LogP) is 1.99. The molecule has 1 heterocycles. The standard InChI is InChI=1S/C14H20BrN3O2/c15-13-12(16-6-10-3-4-11(19)5-10)7-17-18(14(13)20)8-9-1-2-9/h7,9-11,16,19H,1-6,8H2. The number of anilines is 1. The van der Waals surface area contributed by atoms with Crippen LogP contribution in [-0.4, -0.2) is 27.5 Å². The molecule has 5 nitrogen and oxygen atoms in total. The Labute approximate surface area is 126 Å². The third-order valence-electron chi connectivity index (χ3n) is 4.21. The molecule has 3 rings (SSSR count). The Hall–Kier alpha value is -0.880. The van der Waals surface area contributed by atoms with Gasteiger partial charge in [-0.05, 0) is 59.9 Å². The largest absolute Gasteiger partial charge is 0.393 e. The summed E-state index contributed by atoms with van der Waals surface area (Å²) in [5.74, 6) is 1.11. The zero-order chi connectivity index (χ0) is 14.1. The van der Waals surface area contributed by atoms with Crippen LogP contribution >= 0.6 is 15.9 Å². The number of nitrogens with one attached hydrogen (secondary N) is 1. The molecule has 2 fully saturated rings. The van der Waals surface area contributed by atoms with Crippen molar-refractivity contribution in [3.8, 4) is 0 Å². The van der Waals surface area contributed by atoms with Crippen molar-refractivity contribution in [2.75, 3.05) is 11.9 Å². The molecule has 2 aliphatic carbocycles. The van der Waals surface area contributed by atoms with Crippen molar-refractivity contribution in [3.63, 3.8) is 0 Å². The van der Waals surface area contributed by atoms with Gasteiger partial charge in [0, 0.05) is 13.1 Å². The van der Waals surface area contributed by atoms with Gasteiger partial charge in [0.25, 0.3) is 5.56 Å². The van der Waals surface area contributed by atoms with Crippen LogP contribution in [-0.2, 0) is 6.54 Å². The number of hydrogen-bond acceptors (Lipinski definition) is 4. The van der Waals surface area contributed by atoms with E-state index in [1.165, 1.54) is 12.8 Å². The summed E-state index contributed by atoms with van der Waals surface area (Å²) < 4.78 is 2.11. The van der Waals surface area contributed by atoms with E-state index < -0.39 is 0 Å². The lowest BCUT2D eigenvalue weighted by atomic mass is 10.1. The fourth-order valence-corrected chi connectivity index (χ4v) is 3.20. The quantitative estimate of drug-likeness (QED) is 0.859. The first-order valence-corrected chi connectivity index (χ1v) is 8.10. The molecule has 110 valence electrons. The zero-order valence-electron chi connectivity index (χ0n) is 11.4. The first-order valence-electron chi connectivity index (χ1n) is 7.31. The molecule has 2 saturated carbocycles. The summed E-state index contributed by atoms with van der Waals surface area (Å²) in [5.41, 5.74) is 0.691. The van der Waals surface area contributed by atoms with Gasteiger partial charge in [0.1, 0.15) is 4.47 Å². The summed E-state index contributed by atoms with van der Waals surface area (Å²) in [6, 6.07) is 0. The molecule has 1 aromatic heterocycles. The number of aromatic nitrogens is 2. The lowest BCUT2D eigenvalue weighted by Crippen LogP contribution is -2.26. The van der Waals surface area contributed by atoms with Gasteiger partial charge in [-0.3, -0.25) is 4.79 Å². The maximum Gasteiger partial charge on any atom is 0.283 e. The Bertz CT molecular complexity index is 542. The van der Waals surface area contributed by atoms with Crippen LogP contribution in [0.5, 0.6) is 0 Å². The Balaban J connectivity index is 1.64. The fourth-order valence-electron chi connectivity index (χ4n) is 2.75. The van der Waals surface area contributed by atoms with E-state index in [-0.39, 0.29) is 11.7 Å². The van der Waals surface area contributed by atoms with Gasteiger partial charge in [0.2, 0.25) is 0 Å². The van der Waals surface area contributed by atoms with Gasteiger partial charge in [-0.1, -0.05) is 0 Å². The maximum absolute atomic E-state index is 12.2. The van der Waals surface area contributed by atoms with Crippen molar-refractivity contribution in [2.45, 2.75) is 44.8 Å². The highest BCUT2D eigenvalue weighted by Gasteiger charge is 2.24. The van der Waals surface area contributed by atoms with E-state index in [0.717, 1.165) is 38.0 Å². The first-order chi connectivity index (χ1) is 9.63. The Kier molecular flexibility index (Phi) is 4.12. The summed E-state index contributed by atoms with van der Waals surface area (Å²) in [6.07, 6.45) is 6.74. The van der Waals surface area contributed by atoms with Crippen LogP contribution in [0.15, 0.2) is 15.5 Å². The maximum atomic E-state index is 12.2. The molecule has 2 atom stereocenters. The van der Waals surface area contributed by atoms with Gasteiger partial charge < -0.3 is 10.4 Å². The van der Waals surface area contributed by atoms with Crippen LogP contribution in [0.3, 0.4) is 0 Å². The van der Waals surface area contributed by atoms with E-state index in [1.807, 2.05) is 0 Å². The topological polar surface area (TPSA) is 67.2 Å². The van der Waals surface area contributed by atoms with Crippen LogP contribution in [0, 0.1) is 11.8 Å². The molecule has 0 spiro atoms. The highest BCUT2D eigenvalue weighted by Crippen LogP contribution is 2.30. The number of rotatable bonds is 5. The van der Waals surface area contributed by atoms with E-state index in [9.17, 15) is 9.90 Å². The summed E-state index contributed by atoms with van der Waals surface area (Å²) >= 11 is 3.38. The minimum atomic E-state index is -0.157. The van der Waals surface area contributed by atoms with Gasteiger partial charge in [-0.25, -0.2) is 4.68 Å². The molecule has 20 heavy (non-hydrogen) atoms. The average molecular weight is 342 g/mol. The summed E-state index contributed by atoms with van der Waals surface area (Å²) in [5, 5.41) is 17.0. The smallest absolute Gasteiger partial charge is 0.283 e. The van der Waals surface area contributed by atoms with Gasteiger partial charge in [-0.15, -0.1) is 0 Å². The molecular weight excluding hydrogens is 322 g/mol. The van der Waals surface area contributed by atoms with E-state index >= 15 is 0 Å². The molecule has 0 aromatic carbocycles. The summed E-state index contributed by atoms with van der Waals surface area (Å²) in [6.45, 7) is 1.51. The van der Waals surface area contributed by atoms with Crippen LogP contribution in [0.4, 0.5) is 5.69 Å². The van der Waals surface area contributed by atoms with Gasteiger partial charge in [0.05, 0.1) is 18.0 Å². The lowest BCUT2D eigenvalue weighted by Gasteiger charge is -2.13. The molecule has 2 N–H and O–H groups in total. The van der Waals surface area contributed by atoms with Crippen molar-refractivity contribution in [2.24, 2.45) is 11.8 Å². The molecule has 2 aliphatic rings. The number of aliphatic hydroxyl groups is 1. The SMILES string of the molecule is O=c1c(Br)c(NCC2CCC(O)C2)cnn1CC1CC1. The van der Waals surface area contributed by atoms with Crippen LogP contribution in [0.2, 0.25) is 0 Å². The zero-order valence-corrected chi connectivity index (χ0v) is 13.0. The lowest BCUT2D eigenvalue weighted by molar-refractivity contribution is 0.178. The van der Waals surface area contributed by atoms with Crippen molar-refractivity contribution in [1.29, 1.82) is 0 Å². The third kappa shape index (κ3) is 3.23. The molecule has 0 bridgehead atoms. The number of aliphatic hydroxyl groups excluding tert-OH is 1. The Morgan fingerprint density at radius 1 is 1.35 bits per heavy atom. The third-order valence-corrected chi connectivity index (χ3v) is 4.97. The monoisotopic (exact) mass is 341 g/mol. The molecule has 6 heteroatoms. The predicted molar refractivity (Wildman–Crippen MR) is 80.8 cm³/mol. The molecule has 1 aromatic rings. The highest BCUT2D eigenvalue weighted by atomic mass is 79.9. The van der Waals surface area contributed by atoms with Crippen LogP contribution in [0.1, 0.15) is 32.1 Å². The van der Waals surface area contributed by atoms with Crippen LogP contribution < -0.4 is 10.9 Å². The summed E-state index contributed by atoms with van der Waals surface area (Å²) in [7, 11) is 0. The minimum absolute atomic E-state index is 0.0617. The average Bonchev–Trinajstić information content (AvgIpc) is 3.15. The molecule has 0 saturated heterocycles. The highest BCUT2D eigenvalue weighted by molar-refractivity contribution is 9.10. The fraction of sp³-hybridized carbons (Fsp3) is 0.714. The van der Waals surface area contributed by atoms with Crippen molar-refractivity contribution in [3.05, 3.63) is 21.0 Å².